The Balaban J connectivity index is 2.39. The molecule has 0 heterocycles. The molecule has 0 aliphatic rings. The normalized spacial score (nSPS) is 13.3. The molecule has 0 bridgehead atoms. The van der Waals surface area contributed by atoms with Crippen LogP contribution in [-0.2, 0) is 4.43 Å². The summed E-state index contributed by atoms with van der Waals surface area (Å²) in [5.74, 6) is 0. The van der Waals surface area contributed by atoms with Gasteiger partial charge in [0.05, 0.1) is 0 Å². The molecular formula is C9H13IN-. The molecule has 1 nitrogen and oxygen atoms in total. The van der Waals surface area contributed by atoms with Crippen LogP contribution in [-0.4, -0.2) is 4.05 Å². The number of rotatable bonds is 3. The molecule has 1 aromatic carbocycles. The van der Waals surface area contributed by atoms with Gasteiger partial charge in [-0.05, 0) is 0 Å². The molecule has 2 heteroatoms. The van der Waals surface area contributed by atoms with Crippen molar-refractivity contribution >= 4 is 0 Å². The van der Waals surface area contributed by atoms with Crippen LogP contribution in [0.2, 0.25) is 0 Å². The van der Waals surface area contributed by atoms with Crippen molar-refractivity contribution in [2.75, 3.05) is 0 Å². The first-order valence-corrected chi connectivity index (χ1v) is 6.43. The fourth-order valence-corrected chi connectivity index (χ4v) is 2.49. The van der Waals surface area contributed by atoms with Gasteiger partial charge in [0.15, 0.2) is 0 Å². The molecule has 0 amide bonds. The molecule has 1 rings (SSSR count). The van der Waals surface area contributed by atoms with Crippen LogP contribution in [0, 0.1) is 0 Å². The molecule has 0 aliphatic heterocycles. The van der Waals surface area contributed by atoms with Gasteiger partial charge in [0.25, 0.3) is 0 Å². The van der Waals surface area contributed by atoms with Crippen molar-refractivity contribution in [1.82, 2.24) is 0 Å². The van der Waals surface area contributed by atoms with Gasteiger partial charge in [-0.3, -0.25) is 0 Å². The summed E-state index contributed by atoms with van der Waals surface area (Å²) in [4.78, 5) is 0. The predicted molar refractivity (Wildman–Crippen MR) is 43.8 cm³/mol. The molecule has 62 valence electrons. The number of halogens is 1. The SMILES string of the molecule is CC(N)[I-]Cc1ccccc1. The summed E-state index contributed by atoms with van der Waals surface area (Å²) >= 11 is 0.164. The van der Waals surface area contributed by atoms with E-state index in [9.17, 15) is 0 Å². The monoisotopic (exact) mass is 262 g/mol. The Bertz CT molecular complexity index is 196. The summed E-state index contributed by atoms with van der Waals surface area (Å²) in [5, 5.41) is 0. The van der Waals surface area contributed by atoms with E-state index in [-0.39, 0.29) is 21.2 Å². The quantitative estimate of drug-likeness (QED) is 0.404. The zero-order valence-electron chi connectivity index (χ0n) is 6.63. The van der Waals surface area contributed by atoms with Gasteiger partial charge in [-0.15, -0.1) is 0 Å². The van der Waals surface area contributed by atoms with Crippen molar-refractivity contribution in [3.05, 3.63) is 35.9 Å². The average molecular weight is 262 g/mol. The van der Waals surface area contributed by atoms with Crippen LogP contribution in [0.25, 0.3) is 0 Å². The fourth-order valence-electron chi connectivity index (χ4n) is 0.778. The number of nitrogens with two attached hydrogens (primary N) is 1. The van der Waals surface area contributed by atoms with E-state index in [0.717, 1.165) is 0 Å². The summed E-state index contributed by atoms with van der Waals surface area (Å²) in [6.07, 6.45) is 0. The van der Waals surface area contributed by atoms with Gasteiger partial charge in [-0.2, -0.15) is 0 Å². The fraction of sp³-hybridized carbons (Fsp3) is 0.333. The Kier molecular flexibility index (Phi) is 3.86. The third kappa shape index (κ3) is 3.72. The molecular weight excluding hydrogens is 249 g/mol. The molecule has 1 atom stereocenters. The van der Waals surface area contributed by atoms with E-state index in [0.29, 0.717) is 4.05 Å². The average Bonchev–Trinajstić information content (AvgIpc) is 2.03. The third-order valence-corrected chi connectivity index (χ3v) is 4.03. The van der Waals surface area contributed by atoms with E-state index in [1.807, 2.05) is 6.07 Å². The third-order valence-electron chi connectivity index (χ3n) is 1.32. The van der Waals surface area contributed by atoms with Crippen LogP contribution in [0.4, 0.5) is 0 Å². The van der Waals surface area contributed by atoms with Crippen LogP contribution in [0.5, 0.6) is 0 Å². The first-order chi connectivity index (χ1) is 5.29. The zero-order chi connectivity index (χ0) is 8.10. The van der Waals surface area contributed by atoms with Crippen molar-refractivity contribution in [2.45, 2.75) is 15.4 Å². The van der Waals surface area contributed by atoms with Crippen LogP contribution in [0.3, 0.4) is 0 Å². The number of alkyl halides is 2. The second kappa shape index (κ2) is 4.72. The van der Waals surface area contributed by atoms with Crippen LogP contribution in [0.1, 0.15) is 12.5 Å². The van der Waals surface area contributed by atoms with Crippen molar-refractivity contribution < 1.29 is 21.2 Å². The van der Waals surface area contributed by atoms with Gasteiger partial charge >= 0.3 is 78.2 Å². The van der Waals surface area contributed by atoms with E-state index < -0.39 is 0 Å². The molecule has 0 spiro atoms. The van der Waals surface area contributed by atoms with Gasteiger partial charge in [-0.25, -0.2) is 0 Å². The molecule has 0 aliphatic carbocycles. The standard InChI is InChI=1S/C9H13IN/c1-8(11)10-7-9-5-3-2-4-6-9/h2-6,8H,7,11H2,1H3/q-1. The summed E-state index contributed by atoms with van der Waals surface area (Å²) in [7, 11) is 0. The van der Waals surface area contributed by atoms with E-state index in [1.165, 1.54) is 9.99 Å². The summed E-state index contributed by atoms with van der Waals surface area (Å²) in [6, 6.07) is 10.6. The number of benzene rings is 1. The van der Waals surface area contributed by atoms with Crippen molar-refractivity contribution in [3.8, 4) is 0 Å². The van der Waals surface area contributed by atoms with Crippen LogP contribution < -0.4 is 26.9 Å². The van der Waals surface area contributed by atoms with Crippen molar-refractivity contribution in [2.24, 2.45) is 5.73 Å². The van der Waals surface area contributed by atoms with Crippen molar-refractivity contribution in [3.63, 3.8) is 0 Å². The first-order valence-electron chi connectivity index (χ1n) is 3.66. The predicted octanol–water partition coefficient (Wildman–Crippen LogP) is -1.42. The van der Waals surface area contributed by atoms with E-state index in [2.05, 4.69) is 31.2 Å². The number of hydrogen-bond donors (Lipinski definition) is 1. The zero-order valence-corrected chi connectivity index (χ0v) is 8.78. The number of hydrogen-bond acceptors (Lipinski definition) is 1. The van der Waals surface area contributed by atoms with Gasteiger partial charge in [-0.1, -0.05) is 0 Å². The second-order valence-electron chi connectivity index (χ2n) is 2.45. The Morgan fingerprint density at radius 3 is 2.55 bits per heavy atom. The molecule has 1 aromatic rings. The topological polar surface area (TPSA) is 26.0 Å². The molecule has 0 fully saturated rings. The summed E-state index contributed by atoms with van der Waals surface area (Å²) in [5.41, 5.74) is 7.12. The second-order valence-corrected chi connectivity index (χ2v) is 6.06. The van der Waals surface area contributed by atoms with Crippen LogP contribution in [0.15, 0.2) is 30.3 Å². The van der Waals surface area contributed by atoms with Crippen LogP contribution >= 0.6 is 0 Å². The van der Waals surface area contributed by atoms with E-state index in [1.54, 1.807) is 0 Å². The molecule has 0 aromatic heterocycles. The molecule has 2 N–H and O–H groups in total. The molecule has 11 heavy (non-hydrogen) atoms. The molecule has 0 radical (unpaired) electrons. The minimum absolute atomic E-state index is 0.164. The Labute approximate surface area is 78.3 Å². The Hall–Kier alpha value is -0.0900. The maximum atomic E-state index is 5.69. The van der Waals surface area contributed by atoms with Gasteiger partial charge in [0.1, 0.15) is 0 Å². The van der Waals surface area contributed by atoms with Gasteiger partial charge in [0, 0.05) is 0 Å². The molecule has 0 saturated carbocycles. The first kappa shape index (κ1) is 9.00. The minimum atomic E-state index is 0.164. The van der Waals surface area contributed by atoms with Gasteiger partial charge in [0.2, 0.25) is 0 Å². The maximum absolute atomic E-state index is 5.69. The van der Waals surface area contributed by atoms with Crippen molar-refractivity contribution in [1.29, 1.82) is 0 Å². The Morgan fingerprint density at radius 1 is 1.36 bits per heavy atom. The molecule has 1 unspecified atom stereocenters. The molecule has 0 saturated heterocycles. The van der Waals surface area contributed by atoms with Gasteiger partial charge < -0.3 is 0 Å². The van der Waals surface area contributed by atoms with E-state index >= 15 is 0 Å². The Morgan fingerprint density at radius 2 is 2.00 bits per heavy atom. The summed E-state index contributed by atoms with van der Waals surface area (Å²) < 4.78 is 1.63. The summed E-state index contributed by atoms with van der Waals surface area (Å²) in [6.45, 7) is 2.09. The van der Waals surface area contributed by atoms with E-state index in [4.69, 9.17) is 5.73 Å².